The molecule has 4 heteroatoms. The van der Waals surface area contributed by atoms with Gasteiger partial charge in [0.05, 0.1) is 0 Å². The van der Waals surface area contributed by atoms with Crippen LogP contribution in [0, 0.1) is 5.41 Å². The number of ketones is 1. The zero-order valence-corrected chi connectivity index (χ0v) is 15.5. The molecule has 0 aliphatic heterocycles. The number of carbonyl (C=O) groups excluding carboxylic acids is 1. The Morgan fingerprint density at radius 1 is 1.18 bits per heavy atom. The van der Waals surface area contributed by atoms with Gasteiger partial charge in [-0.15, -0.1) is 12.4 Å². The summed E-state index contributed by atoms with van der Waals surface area (Å²) in [7, 11) is 4.21. The third kappa shape index (κ3) is 7.28. The quantitative estimate of drug-likeness (QED) is 0.758. The molecule has 1 unspecified atom stereocenters. The molecule has 0 spiro atoms. The van der Waals surface area contributed by atoms with Gasteiger partial charge in [-0.1, -0.05) is 32.9 Å². The van der Waals surface area contributed by atoms with Crippen LogP contribution < -0.4 is 4.74 Å². The minimum atomic E-state index is -0.345. The van der Waals surface area contributed by atoms with Crippen LogP contribution in [0.1, 0.15) is 39.7 Å². The molecule has 126 valence electrons. The highest BCUT2D eigenvalue weighted by atomic mass is 35.5. The van der Waals surface area contributed by atoms with Gasteiger partial charge >= 0.3 is 0 Å². The van der Waals surface area contributed by atoms with Crippen molar-refractivity contribution in [2.75, 3.05) is 20.7 Å². The number of benzene rings is 1. The van der Waals surface area contributed by atoms with Gasteiger partial charge in [0.1, 0.15) is 12.4 Å². The maximum Gasteiger partial charge on any atom is 0.175 e. The first-order valence-corrected chi connectivity index (χ1v) is 7.61. The monoisotopic (exact) mass is 327 g/mol. The lowest BCUT2D eigenvalue weighted by Crippen LogP contribution is -2.26. The standard InChI is InChI=1S/C18H29NO2.ClH/c1-14(19(5)6)7-8-15-9-11-16(12-10-15)21-13-17(20)18(2,3)4;/h9-12,14H,7-8,13H2,1-6H3;1H. The van der Waals surface area contributed by atoms with E-state index in [1.807, 2.05) is 32.9 Å². The van der Waals surface area contributed by atoms with Gasteiger partial charge in [-0.05, 0) is 51.6 Å². The van der Waals surface area contributed by atoms with Crippen LogP contribution in [0.4, 0.5) is 0 Å². The lowest BCUT2D eigenvalue weighted by Gasteiger charge is -2.19. The molecule has 0 fully saturated rings. The van der Waals surface area contributed by atoms with Crippen molar-refractivity contribution in [3.05, 3.63) is 29.8 Å². The van der Waals surface area contributed by atoms with Crippen molar-refractivity contribution in [3.8, 4) is 5.75 Å². The molecule has 1 rings (SSSR count). The second-order valence-electron chi connectivity index (χ2n) is 6.96. The van der Waals surface area contributed by atoms with Gasteiger partial charge < -0.3 is 9.64 Å². The highest BCUT2D eigenvalue weighted by Gasteiger charge is 2.21. The van der Waals surface area contributed by atoms with Crippen LogP contribution in [0.2, 0.25) is 0 Å². The lowest BCUT2D eigenvalue weighted by atomic mass is 9.91. The Morgan fingerprint density at radius 3 is 2.18 bits per heavy atom. The van der Waals surface area contributed by atoms with Gasteiger partial charge in [-0.3, -0.25) is 4.79 Å². The Bertz CT molecular complexity index is 449. The average Bonchev–Trinajstić information content (AvgIpc) is 2.42. The number of ether oxygens (including phenoxy) is 1. The van der Waals surface area contributed by atoms with Crippen molar-refractivity contribution < 1.29 is 9.53 Å². The summed E-state index contributed by atoms with van der Waals surface area (Å²) in [6, 6.07) is 8.64. The second-order valence-corrected chi connectivity index (χ2v) is 6.96. The zero-order chi connectivity index (χ0) is 16.0. The molecule has 0 bridgehead atoms. The van der Waals surface area contributed by atoms with Crippen molar-refractivity contribution in [1.29, 1.82) is 0 Å². The van der Waals surface area contributed by atoms with Crippen molar-refractivity contribution in [2.24, 2.45) is 5.41 Å². The number of rotatable bonds is 7. The summed E-state index contributed by atoms with van der Waals surface area (Å²) in [6.07, 6.45) is 2.19. The van der Waals surface area contributed by atoms with Crippen LogP contribution in [0.15, 0.2) is 24.3 Å². The van der Waals surface area contributed by atoms with E-state index in [-0.39, 0.29) is 30.2 Å². The summed E-state index contributed by atoms with van der Waals surface area (Å²) in [5.41, 5.74) is 0.959. The molecule has 0 aliphatic carbocycles. The third-order valence-corrected chi connectivity index (χ3v) is 3.86. The molecule has 0 saturated heterocycles. The Morgan fingerprint density at radius 2 is 1.73 bits per heavy atom. The van der Waals surface area contributed by atoms with E-state index in [4.69, 9.17) is 4.74 Å². The van der Waals surface area contributed by atoms with E-state index in [9.17, 15) is 4.79 Å². The van der Waals surface area contributed by atoms with Gasteiger partial charge in [0.15, 0.2) is 5.78 Å². The molecule has 1 atom stereocenters. The van der Waals surface area contributed by atoms with Crippen LogP contribution in [-0.4, -0.2) is 37.4 Å². The fourth-order valence-electron chi connectivity index (χ4n) is 1.75. The maximum atomic E-state index is 11.8. The average molecular weight is 328 g/mol. The number of hydrogen-bond donors (Lipinski definition) is 0. The molecular weight excluding hydrogens is 298 g/mol. The molecule has 22 heavy (non-hydrogen) atoms. The van der Waals surface area contributed by atoms with E-state index in [1.165, 1.54) is 5.56 Å². The first-order valence-electron chi connectivity index (χ1n) is 7.61. The molecular formula is C18H30ClNO2. The van der Waals surface area contributed by atoms with Crippen molar-refractivity contribution in [1.82, 2.24) is 4.90 Å². The number of nitrogens with zero attached hydrogens (tertiary/aromatic N) is 1. The van der Waals surface area contributed by atoms with E-state index in [0.29, 0.717) is 6.04 Å². The number of carbonyl (C=O) groups is 1. The van der Waals surface area contributed by atoms with Crippen LogP contribution in [0.5, 0.6) is 5.75 Å². The second kappa shape index (κ2) is 9.16. The Kier molecular flexibility index (Phi) is 8.72. The molecule has 0 aromatic heterocycles. The number of Topliss-reactive ketones (excluding diaryl/α,β-unsaturated/α-hetero) is 1. The zero-order valence-electron chi connectivity index (χ0n) is 14.7. The topological polar surface area (TPSA) is 29.5 Å². The van der Waals surface area contributed by atoms with E-state index in [1.54, 1.807) is 0 Å². The maximum absolute atomic E-state index is 11.8. The summed E-state index contributed by atoms with van der Waals surface area (Å²) >= 11 is 0. The summed E-state index contributed by atoms with van der Waals surface area (Å²) in [6.45, 7) is 8.10. The SMILES string of the molecule is CC(CCc1ccc(OCC(=O)C(C)(C)C)cc1)N(C)C.Cl. The van der Waals surface area contributed by atoms with E-state index >= 15 is 0 Å². The summed E-state index contributed by atoms with van der Waals surface area (Å²) < 4.78 is 5.56. The lowest BCUT2D eigenvalue weighted by molar-refractivity contribution is -0.128. The molecule has 0 amide bonds. The minimum absolute atomic E-state index is 0. The predicted octanol–water partition coefficient (Wildman–Crippen LogP) is 3.99. The highest BCUT2D eigenvalue weighted by Crippen LogP contribution is 2.18. The number of aryl methyl sites for hydroxylation is 1. The smallest absolute Gasteiger partial charge is 0.175 e. The molecule has 3 nitrogen and oxygen atoms in total. The number of halogens is 1. The van der Waals surface area contributed by atoms with Gasteiger partial charge in [0, 0.05) is 11.5 Å². The Balaban J connectivity index is 0.00000441. The van der Waals surface area contributed by atoms with Crippen LogP contribution in [0.3, 0.4) is 0 Å². The molecule has 0 saturated carbocycles. The van der Waals surface area contributed by atoms with Crippen LogP contribution in [-0.2, 0) is 11.2 Å². The summed E-state index contributed by atoms with van der Waals surface area (Å²) in [5, 5.41) is 0. The van der Waals surface area contributed by atoms with Gasteiger partial charge in [-0.2, -0.15) is 0 Å². The van der Waals surface area contributed by atoms with Crippen LogP contribution in [0.25, 0.3) is 0 Å². The van der Waals surface area contributed by atoms with Crippen molar-refractivity contribution in [2.45, 2.75) is 46.6 Å². The first-order chi connectivity index (χ1) is 9.70. The Labute approximate surface area is 141 Å². The van der Waals surface area contributed by atoms with Crippen molar-refractivity contribution in [3.63, 3.8) is 0 Å². The Hall–Kier alpha value is -1.06. The summed E-state index contributed by atoms with van der Waals surface area (Å²) in [5.74, 6) is 0.878. The number of hydrogen-bond acceptors (Lipinski definition) is 3. The molecule has 0 N–H and O–H groups in total. The fourth-order valence-corrected chi connectivity index (χ4v) is 1.75. The van der Waals surface area contributed by atoms with Gasteiger partial charge in [0.2, 0.25) is 0 Å². The highest BCUT2D eigenvalue weighted by molar-refractivity contribution is 5.85. The van der Waals surface area contributed by atoms with E-state index in [2.05, 4.69) is 38.1 Å². The molecule has 1 aromatic carbocycles. The van der Waals surface area contributed by atoms with Crippen molar-refractivity contribution >= 4 is 18.2 Å². The van der Waals surface area contributed by atoms with Gasteiger partial charge in [0.25, 0.3) is 0 Å². The first kappa shape index (κ1) is 20.9. The molecule has 1 aromatic rings. The predicted molar refractivity (Wildman–Crippen MR) is 95.1 cm³/mol. The van der Waals surface area contributed by atoms with E-state index in [0.717, 1.165) is 18.6 Å². The largest absolute Gasteiger partial charge is 0.486 e. The molecule has 0 aliphatic rings. The van der Waals surface area contributed by atoms with Crippen LogP contribution >= 0.6 is 12.4 Å². The normalized spacial score (nSPS) is 12.7. The summed E-state index contributed by atoms with van der Waals surface area (Å²) in [4.78, 5) is 14.0. The van der Waals surface area contributed by atoms with Gasteiger partial charge in [-0.25, -0.2) is 0 Å². The fraction of sp³-hybridized carbons (Fsp3) is 0.611. The van der Waals surface area contributed by atoms with E-state index < -0.39 is 0 Å². The third-order valence-electron chi connectivity index (χ3n) is 3.86. The minimum Gasteiger partial charge on any atom is -0.486 e. The molecule has 0 heterocycles. The molecule has 0 radical (unpaired) electrons.